The molecule has 1 fully saturated rings. The molecule has 5 heteroatoms. The summed E-state index contributed by atoms with van der Waals surface area (Å²) >= 11 is 1.47. The molecule has 9 heavy (non-hydrogen) atoms. The van der Waals surface area contributed by atoms with Gasteiger partial charge in [0, 0.05) is 12.3 Å². The van der Waals surface area contributed by atoms with Gasteiger partial charge >= 0.3 is 0 Å². The number of rotatable bonds is 0. The lowest BCUT2D eigenvalue weighted by molar-refractivity contribution is 0.595. The quantitative estimate of drug-likeness (QED) is 0.536. The SMILES string of the molecule is O=S1(=O)CNCCSC1. The Labute approximate surface area is 59.1 Å². The highest BCUT2D eigenvalue weighted by Gasteiger charge is 2.12. The molecule has 3 nitrogen and oxygen atoms in total. The molecule has 0 amide bonds. The molecule has 0 radical (unpaired) electrons. The summed E-state index contributed by atoms with van der Waals surface area (Å²) < 4.78 is 21.6. The van der Waals surface area contributed by atoms with Crippen LogP contribution in [-0.4, -0.2) is 31.7 Å². The zero-order valence-electron chi connectivity index (χ0n) is 4.96. The van der Waals surface area contributed by atoms with E-state index in [1.54, 1.807) is 0 Å². The Morgan fingerprint density at radius 1 is 1.44 bits per heavy atom. The first kappa shape index (κ1) is 7.37. The lowest BCUT2D eigenvalue weighted by Crippen LogP contribution is -2.22. The fraction of sp³-hybridized carbons (Fsp3) is 1.00. The van der Waals surface area contributed by atoms with Gasteiger partial charge in [-0.3, -0.25) is 0 Å². The van der Waals surface area contributed by atoms with Crippen molar-refractivity contribution in [1.29, 1.82) is 0 Å². The Balaban J connectivity index is 2.56. The van der Waals surface area contributed by atoms with Crippen LogP contribution in [0.4, 0.5) is 0 Å². The van der Waals surface area contributed by atoms with Crippen LogP contribution in [0.1, 0.15) is 0 Å². The Morgan fingerprint density at radius 2 is 2.22 bits per heavy atom. The summed E-state index contributed by atoms with van der Waals surface area (Å²) in [5.41, 5.74) is 0. The van der Waals surface area contributed by atoms with Crippen LogP contribution in [0.25, 0.3) is 0 Å². The third-order valence-electron chi connectivity index (χ3n) is 1.01. The third-order valence-corrected chi connectivity index (χ3v) is 4.25. The van der Waals surface area contributed by atoms with Crippen LogP contribution in [-0.2, 0) is 9.84 Å². The molecule has 0 unspecified atom stereocenters. The first-order valence-corrected chi connectivity index (χ1v) is 5.67. The minimum absolute atomic E-state index is 0.153. The van der Waals surface area contributed by atoms with Gasteiger partial charge in [0.1, 0.15) is 5.88 Å². The first-order valence-electron chi connectivity index (χ1n) is 2.70. The molecule has 1 rings (SSSR count). The molecule has 0 aliphatic carbocycles. The van der Waals surface area contributed by atoms with Crippen molar-refractivity contribution in [2.45, 2.75) is 0 Å². The third kappa shape index (κ3) is 2.55. The maximum Gasteiger partial charge on any atom is 0.172 e. The number of nitrogens with one attached hydrogen (secondary N) is 1. The van der Waals surface area contributed by atoms with Gasteiger partial charge in [-0.05, 0) is 0 Å². The lowest BCUT2D eigenvalue weighted by Gasteiger charge is -1.94. The molecule has 0 spiro atoms. The van der Waals surface area contributed by atoms with Crippen LogP contribution >= 0.6 is 11.8 Å². The number of thioether (sulfide) groups is 1. The van der Waals surface area contributed by atoms with Crippen molar-refractivity contribution in [2.75, 3.05) is 23.3 Å². The predicted octanol–water partition coefficient (Wildman–Crippen LogP) is -0.347. The van der Waals surface area contributed by atoms with Crippen LogP contribution in [0.5, 0.6) is 0 Å². The molecule has 1 aliphatic rings. The van der Waals surface area contributed by atoms with Crippen LogP contribution in [0.15, 0.2) is 0 Å². The summed E-state index contributed by atoms with van der Waals surface area (Å²) in [7, 11) is -2.77. The topological polar surface area (TPSA) is 46.2 Å². The molecular formula is C4H9NO2S2. The van der Waals surface area contributed by atoms with E-state index in [9.17, 15) is 8.42 Å². The van der Waals surface area contributed by atoms with Crippen molar-refractivity contribution < 1.29 is 8.42 Å². The Bertz CT molecular complexity index is 161. The van der Waals surface area contributed by atoms with Crippen molar-refractivity contribution in [3.63, 3.8) is 0 Å². The van der Waals surface area contributed by atoms with Gasteiger partial charge in [-0.1, -0.05) is 0 Å². The number of sulfone groups is 1. The number of hydrogen-bond donors (Lipinski definition) is 1. The van der Waals surface area contributed by atoms with Gasteiger partial charge in [0.15, 0.2) is 9.84 Å². The van der Waals surface area contributed by atoms with E-state index in [4.69, 9.17) is 0 Å². The predicted molar refractivity (Wildman–Crippen MR) is 39.1 cm³/mol. The minimum atomic E-state index is -2.77. The number of hydrogen-bond acceptors (Lipinski definition) is 4. The maximum absolute atomic E-state index is 10.8. The molecule has 54 valence electrons. The van der Waals surface area contributed by atoms with E-state index in [0.29, 0.717) is 0 Å². The van der Waals surface area contributed by atoms with Gasteiger partial charge < -0.3 is 5.32 Å². The Kier molecular flexibility index (Phi) is 2.37. The zero-order chi connectivity index (χ0) is 6.74. The Morgan fingerprint density at radius 3 is 3.00 bits per heavy atom. The van der Waals surface area contributed by atoms with Gasteiger partial charge in [0.05, 0.1) is 5.08 Å². The second kappa shape index (κ2) is 2.90. The van der Waals surface area contributed by atoms with Crippen molar-refractivity contribution >= 4 is 21.6 Å². The fourth-order valence-electron chi connectivity index (χ4n) is 0.600. The van der Waals surface area contributed by atoms with Crippen LogP contribution in [0.3, 0.4) is 0 Å². The standard InChI is InChI=1S/C4H9NO2S2/c6-9(7)3-5-1-2-8-4-9/h5H,1-4H2. The van der Waals surface area contributed by atoms with Crippen LogP contribution < -0.4 is 5.32 Å². The van der Waals surface area contributed by atoms with E-state index in [1.165, 1.54) is 11.8 Å². The molecule has 0 aromatic rings. The van der Waals surface area contributed by atoms with Crippen molar-refractivity contribution in [1.82, 2.24) is 5.32 Å². The molecule has 1 aliphatic heterocycles. The van der Waals surface area contributed by atoms with E-state index in [-0.39, 0.29) is 11.0 Å². The second-order valence-electron chi connectivity index (χ2n) is 1.91. The highest BCUT2D eigenvalue weighted by atomic mass is 32.3. The average molecular weight is 167 g/mol. The van der Waals surface area contributed by atoms with E-state index in [0.717, 1.165) is 12.3 Å². The summed E-state index contributed by atoms with van der Waals surface area (Å²) in [5.74, 6) is 1.05. The molecule has 0 saturated carbocycles. The monoisotopic (exact) mass is 167 g/mol. The highest BCUT2D eigenvalue weighted by molar-refractivity contribution is 8.12. The first-order chi connectivity index (χ1) is 4.21. The smallest absolute Gasteiger partial charge is 0.172 e. The van der Waals surface area contributed by atoms with Gasteiger partial charge in [0.25, 0.3) is 0 Å². The molecular weight excluding hydrogens is 158 g/mol. The summed E-state index contributed by atoms with van der Waals surface area (Å²) in [6, 6.07) is 0. The summed E-state index contributed by atoms with van der Waals surface area (Å²) in [5, 5.41) is 3.11. The normalized spacial score (nSPS) is 27.1. The van der Waals surface area contributed by atoms with E-state index >= 15 is 0 Å². The molecule has 0 aromatic carbocycles. The zero-order valence-corrected chi connectivity index (χ0v) is 6.59. The molecule has 0 bridgehead atoms. The molecule has 1 saturated heterocycles. The largest absolute Gasteiger partial charge is 0.303 e. The van der Waals surface area contributed by atoms with Crippen LogP contribution in [0, 0.1) is 0 Å². The van der Waals surface area contributed by atoms with E-state index < -0.39 is 9.84 Å². The van der Waals surface area contributed by atoms with Crippen molar-refractivity contribution in [2.24, 2.45) is 0 Å². The van der Waals surface area contributed by atoms with Crippen molar-refractivity contribution in [3.05, 3.63) is 0 Å². The summed E-state index contributed by atoms with van der Waals surface area (Å²) in [6.45, 7) is 0.809. The molecule has 1 heterocycles. The minimum Gasteiger partial charge on any atom is -0.303 e. The summed E-state index contributed by atoms with van der Waals surface area (Å²) in [6.07, 6.45) is 0. The molecule has 1 N–H and O–H groups in total. The van der Waals surface area contributed by atoms with Gasteiger partial charge in [-0.25, -0.2) is 8.42 Å². The average Bonchev–Trinajstić information content (AvgIpc) is 1.92. The van der Waals surface area contributed by atoms with Gasteiger partial charge in [-0.2, -0.15) is 0 Å². The molecule has 0 aromatic heterocycles. The van der Waals surface area contributed by atoms with E-state index in [1.807, 2.05) is 0 Å². The lowest BCUT2D eigenvalue weighted by atomic mass is 10.8. The Hall–Kier alpha value is 0.260. The van der Waals surface area contributed by atoms with Crippen LogP contribution in [0.2, 0.25) is 0 Å². The van der Waals surface area contributed by atoms with Gasteiger partial charge in [0.2, 0.25) is 0 Å². The second-order valence-corrected chi connectivity index (χ2v) is 5.45. The summed E-state index contributed by atoms with van der Waals surface area (Å²) in [4.78, 5) is 0. The van der Waals surface area contributed by atoms with E-state index in [2.05, 4.69) is 5.32 Å². The fourth-order valence-corrected chi connectivity index (χ4v) is 3.16. The highest BCUT2D eigenvalue weighted by Crippen LogP contribution is 2.06. The van der Waals surface area contributed by atoms with Gasteiger partial charge in [-0.15, -0.1) is 11.8 Å². The maximum atomic E-state index is 10.8. The van der Waals surface area contributed by atoms with Crippen molar-refractivity contribution in [3.8, 4) is 0 Å². The molecule has 0 atom stereocenters.